The number of rotatable bonds is 6. The number of hydrogen-bond donors (Lipinski definition) is 3. The van der Waals surface area contributed by atoms with Crippen LogP contribution in [-0.2, 0) is 4.74 Å². The van der Waals surface area contributed by atoms with Crippen LogP contribution in [0.5, 0.6) is 5.75 Å². The van der Waals surface area contributed by atoms with Crippen LogP contribution in [0.2, 0.25) is 0 Å². The van der Waals surface area contributed by atoms with E-state index in [1.807, 2.05) is 0 Å². The lowest BCUT2D eigenvalue weighted by Gasteiger charge is -2.32. The van der Waals surface area contributed by atoms with E-state index < -0.39 is 53.0 Å². The summed E-state index contributed by atoms with van der Waals surface area (Å²) >= 11 is 0. The van der Waals surface area contributed by atoms with Gasteiger partial charge in [-0.15, -0.1) is 0 Å². The number of methoxy groups -OCH3 is 1. The van der Waals surface area contributed by atoms with Crippen molar-refractivity contribution >= 4 is 16.9 Å². The number of carbonyl (C=O) groups is 1. The van der Waals surface area contributed by atoms with E-state index in [1.54, 1.807) is 6.92 Å². The number of aromatic amines is 1. The van der Waals surface area contributed by atoms with Gasteiger partial charge in [-0.1, -0.05) is 19.9 Å². The summed E-state index contributed by atoms with van der Waals surface area (Å²) in [5, 5.41) is 0. The molecule has 0 spiro atoms. The van der Waals surface area contributed by atoms with Gasteiger partial charge in [-0.3, -0.25) is 10.2 Å². The molecule has 0 radical (unpaired) electrons. The van der Waals surface area contributed by atoms with Crippen LogP contribution in [0, 0.1) is 17.6 Å². The number of H-pyrrole nitrogens is 1. The Morgan fingerprint density at radius 1 is 1.28 bits per heavy atom. The molecule has 13 heteroatoms. The molecular weight excluding hydrogens is 489 g/mol. The van der Waals surface area contributed by atoms with E-state index in [4.69, 9.17) is 9.47 Å². The second kappa shape index (κ2) is 9.28. The number of amides is 1. The van der Waals surface area contributed by atoms with E-state index in [9.17, 15) is 26.7 Å². The third-order valence-electron chi connectivity index (χ3n) is 6.59. The van der Waals surface area contributed by atoms with Gasteiger partial charge in [-0.2, -0.15) is 17.6 Å². The van der Waals surface area contributed by atoms with Crippen LogP contribution in [0.4, 0.5) is 22.0 Å². The molecule has 4 atom stereocenters. The van der Waals surface area contributed by atoms with Crippen LogP contribution in [0.25, 0.3) is 11.0 Å². The van der Waals surface area contributed by atoms with Gasteiger partial charge in [-0.25, -0.2) is 19.8 Å². The van der Waals surface area contributed by atoms with Gasteiger partial charge in [0.1, 0.15) is 17.4 Å². The summed E-state index contributed by atoms with van der Waals surface area (Å²) in [6.45, 7) is 4.42. The average molecular weight is 513 g/mol. The molecule has 1 aromatic carbocycles. The summed E-state index contributed by atoms with van der Waals surface area (Å²) in [5.41, 5.74) is 2.80. The molecule has 3 aromatic rings. The molecule has 0 aliphatic carbocycles. The number of imidazole rings is 1. The summed E-state index contributed by atoms with van der Waals surface area (Å²) in [4.78, 5) is 23.8. The summed E-state index contributed by atoms with van der Waals surface area (Å²) in [6.07, 6.45) is -4.82. The van der Waals surface area contributed by atoms with Crippen molar-refractivity contribution < 1.29 is 36.2 Å². The van der Waals surface area contributed by atoms with Crippen molar-refractivity contribution in [1.82, 2.24) is 25.8 Å². The number of carbonyl (C=O) groups excluding carboxylic acids is 1. The first kappa shape index (κ1) is 25.8. The topological polar surface area (TPSA) is 101 Å². The Bertz CT molecular complexity index is 1300. The van der Waals surface area contributed by atoms with Gasteiger partial charge in [0.15, 0.2) is 22.9 Å². The number of aromatic nitrogens is 3. The van der Waals surface area contributed by atoms with Crippen molar-refractivity contribution in [3.05, 3.63) is 53.1 Å². The first-order valence-electron chi connectivity index (χ1n) is 11.1. The molecule has 3 heterocycles. The molecule has 194 valence electrons. The fraction of sp³-hybridized carbons (Fsp3) is 0.435. The Labute approximate surface area is 202 Å². The normalized spacial score (nSPS) is 24.3. The molecule has 8 nitrogen and oxygen atoms in total. The van der Waals surface area contributed by atoms with Gasteiger partial charge in [0.2, 0.25) is 5.82 Å². The number of hydrazine groups is 1. The largest absolute Gasteiger partial charge is 0.493 e. The van der Waals surface area contributed by atoms with Crippen molar-refractivity contribution in [3.8, 4) is 5.75 Å². The monoisotopic (exact) mass is 513 g/mol. The number of pyridine rings is 1. The van der Waals surface area contributed by atoms with Crippen molar-refractivity contribution in [2.24, 2.45) is 5.92 Å². The zero-order valence-corrected chi connectivity index (χ0v) is 19.8. The molecule has 0 saturated carbocycles. The molecule has 0 unspecified atom stereocenters. The molecule has 36 heavy (non-hydrogen) atoms. The van der Waals surface area contributed by atoms with Gasteiger partial charge in [-0.05, 0) is 19.1 Å². The highest BCUT2D eigenvalue weighted by atomic mass is 19.4. The van der Waals surface area contributed by atoms with Crippen molar-refractivity contribution in [3.63, 3.8) is 0 Å². The highest BCUT2D eigenvalue weighted by Crippen LogP contribution is 2.59. The fourth-order valence-electron chi connectivity index (χ4n) is 4.53. The summed E-state index contributed by atoms with van der Waals surface area (Å²) in [6, 6.07) is 3.51. The van der Waals surface area contributed by atoms with E-state index in [0.29, 0.717) is 12.1 Å². The quantitative estimate of drug-likeness (QED) is 0.336. The number of ether oxygens (including phenoxy) is 2. The van der Waals surface area contributed by atoms with Gasteiger partial charge in [0, 0.05) is 30.1 Å². The number of benzene rings is 1. The van der Waals surface area contributed by atoms with Gasteiger partial charge in [0.25, 0.3) is 5.91 Å². The van der Waals surface area contributed by atoms with Crippen LogP contribution in [-0.4, -0.2) is 46.3 Å². The van der Waals surface area contributed by atoms with Gasteiger partial charge >= 0.3 is 6.18 Å². The number of halogens is 5. The zero-order valence-electron chi connectivity index (χ0n) is 19.8. The number of nitrogens with zero attached hydrogens (tertiary/aromatic N) is 2. The minimum atomic E-state index is -4.80. The Kier molecular flexibility index (Phi) is 6.64. The van der Waals surface area contributed by atoms with E-state index in [2.05, 4.69) is 25.8 Å². The van der Waals surface area contributed by atoms with Gasteiger partial charge in [0.05, 0.1) is 12.6 Å². The number of fused-ring (bicyclic) bond motifs is 1. The molecule has 4 rings (SSSR count). The predicted molar refractivity (Wildman–Crippen MR) is 118 cm³/mol. The summed E-state index contributed by atoms with van der Waals surface area (Å²) < 4.78 is 81.7. The molecule has 1 fully saturated rings. The lowest BCUT2D eigenvalue weighted by Crippen LogP contribution is -2.46. The Morgan fingerprint density at radius 2 is 2.00 bits per heavy atom. The van der Waals surface area contributed by atoms with Gasteiger partial charge < -0.3 is 14.5 Å². The Hall–Kier alpha value is -3.32. The zero-order chi connectivity index (χ0) is 26.4. The lowest BCUT2D eigenvalue weighted by atomic mass is 9.77. The highest BCUT2D eigenvalue weighted by Gasteiger charge is 2.65. The number of hydrogen-bond acceptors (Lipinski definition) is 6. The SMILES string of the molecule is CCNNC(=O)c1nccc2[nH]c([C@@H]3O[C@@](C)(C(F)(F)F)[C@@H](C)[C@H]3c3ccc(F)c(F)c3OC)nc12. The van der Waals surface area contributed by atoms with Crippen molar-refractivity contribution in [2.45, 2.75) is 44.6 Å². The lowest BCUT2D eigenvalue weighted by molar-refractivity contribution is -0.275. The fourth-order valence-corrected chi connectivity index (χ4v) is 4.53. The average Bonchev–Trinajstić information content (AvgIpc) is 3.38. The maximum atomic E-state index is 14.6. The number of alkyl halides is 3. The van der Waals surface area contributed by atoms with Crippen LogP contribution in [0.1, 0.15) is 54.7 Å². The first-order valence-corrected chi connectivity index (χ1v) is 11.1. The second-order valence-corrected chi connectivity index (χ2v) is 8.60. The number of nitrogens with one attached hydrogen (secondary N) is 3. The first-order chi connectivity index (χ1) is 16.9. The molecule has 0 bridgehead atoms. The maximum absolute atomic E-state index is 14.6. The van der Waals surface area contributed by atoms with Crippen LogP contribution >= 0.6 is 0 Å². The molecule has 1 aliphatic rings. The molecule has 1 aliphatic heterocycles. The van der Waals surface area contributed by atoms with Crippen LogP contribution in [0.3, 0.4) is 0 Å². The molecular formula is C23H24F5N5O3. The van der Waals surface area contributed by atoms with Crippen molar-refractivity contribution in [2.75, 3.05) is 13.7 Å². The molecule has 2 aromatic heterocycles. The minimum absolute atomic E-state index is 0.00873. The second-order valence-electron chi connectivity index (χ2n) is 8.60. The smallest absolute Gasteiger partial charge is 0.417 e. The van der Waals surface area contributed by atoms with E-state index in [0.717, 1.165) is 20.1 Å². The highest BCUT2D eigenvalue weighted by molar-refractivity contribution is 6.02. The van der Waals surface area contributed by atoms with E-state index in [-0.39, 0.29) is 22.6 Å². The predicted octanol–water partition coefficient (Wildman–Crippen LogP) is 4.31. The standard InChI is InChI=1S/C23H24F5N5O3/c1-5-30-33-21(34)17-16-13(8-9-29-17)31-20(32-16)19-14(10(2)22(3,36-19)23(26,27)28)11-6-7-12(24)15(25)18(11)35-4/h6-10,14,19,30H,5H2,1-4H3,(H,31,32)(H,33,34)/t10-,14-,19+,22+/m0/s1. The third kappa shape index (κ3) is 4.05. The van der Waals surface area contributed by atoms with Crippen LogP contribution in [0.15, 0.2) is 24.4 Å². The molecule has 1 amide bonds. The molecule has 3 N–H and O–H groups in total. The minimum Gasteiger partial charge on any atom is -0.493 e. The van der Waals surface area contributed by atoms with E-state index in [1.165, 1.54) is 25.3 Å². The summed E-state index contributed by atoms with van der Waals surface area (Å²) in [5.74, 6) is -6.08. The van der Waals surface area contributed by atoms with Crippen molar-refractivity contribution in [1.29, 1.82) is 0 Å². The summed E-state index contributed by atoms with van der Waals surface area (Å²) in [7, 11) is 1.10. The Morgan fingerprint density at radius 3 is 2.64 bits per heavy atom. The Balaban J connectivity index is 1.88. The van der Waals surface area contributed by atoms with Crippen LogP contribution < -0.4 is 15.6 Å². The maximum Gasteiger partial charge on any atom is 0.417 e. The third-order valence-corrected chi connectivity index (χ3v) is 6.59. The van der Waals surface area contributed by atoms with E-state index >= 15 is 0 Å². The molecule has 1 saturated heterocycles.